The molecule has 0 spiro atoms. The van der Waals surface area contributed by atoms with Gasteiger partial charge in [0.25, 0.3) is 5.91 Å². The van der Waals surface area contributed by atoms with Gasteiger partial charge in [-0.25, -0.2) is 0 Å². The molecular formula is C26H45NO2. The number of amides is 1. The van der Waals surface area contributed by atoms with Crippen LogP contribution in [0.2, 0.25) is 0 Å². The van der Waals surface area contributed by atoms with Crippen LogP contribution in [0.4, 0.5) is 0 Å². The first-order valence-electron chi connectivity index (χ1n) is 11.3. The molecule has 0 aromatic heterocycles. The summed E-state index contributed by atoms with van der Waals surface area (Å²) in [6.45, 7) is 16.8. The predicted molar refractivity (Wildman–Crippen MR) is 130 cm³/mol. The molecular weight excluding hydrogens is 358 g/mol. The molecule has 0 aliphatic carbocycles. The maximum Gasteiger partial charge on any atom is 0.251 e. The number of rotatable bonds is 7. The summed E-state index contributed by atoms with van der Waals surface area (Å²) in [6.07, 6.45) is 1.59. The summed E-state index contributed by atoms with van der Waals surface area (Å²) in [5.74, 6) is 0.173. The molecule has 0 heterocycles. The number of benzene rings is 2. The molecule has 2 N–H and O–H groups in total. The zero-order valence-electron chi connectivity index (χ0n) is 20.0. The van der Waals surface area contributed by atoms with Crippen molar-refractivity contribution in [2.75, 3.05) is 13.2 Å². The van der Waals surface area contributed by atoms with Gasteiger partial charge in [-0.1, -0.05) is 104 Å². The van der Waals surface area contributed by atoms with E-state index in [1.807, 2.05) is 91.8 Å². The molecule has 2 aromatic carbocycles. The predicted octanol–water partition coefficient (Wildman–Crippen LogP) is 7.08. The second-order valence-electron chi connectivity index (χ2n) is 5.05. The van der Waals surface area contributed by atoms with Gasteiger partial charge >= 0.3 is 0 Å². The summed E-state index contributed by atoms with van der Waals surface area (Å²) < 4.78 is 0. The van der Waals surface area contributed by atoms with E-state index in [1.54, 1.807) is 12.1 Å². The van der Waals surface area contributed by atoms with Crippen LogP contribution in [0.25, 0.3) is 0 Å². The van der Waals surface area contributed by atoms with Crippen molar-refractivity contribution < 1.29 is 9.90 Å². The number of aliphatic hydroxyl groups is 1. The van der Waals surface area contributed by atoms with Crippen molar-refractivity contribution in [3.8, 4) is 0 Å². The molecule has 1 atom stereocenters. The lowest BCUT2D eigenvalue weighted by Crippen LogP contribution is -2.28. The summed E-state index contributed by atoms with van der Waals surface area (Å²) >= 11 is 0. The van der Waals surface area contributed by atoms with Gasteiger partial charge in [0.15, 0.2) is 0 Å². The maximum atomic E-state index is 12.1. The maximum absolute atomic E-state index is 12.1. The highest BCUT2D eigenvalue weighted by Gasteiger charge is 2.13. The van der Waals surface area contributed by atoms with Gasteiger partial charge in [-0.15, -0.1) is 0 Å². The molecule has 166 valence electrons. The van der Waals surface area contributed by atoms with E-state index in [4.69, 9.17) is 5.11 Å². The fourth-order valence-electron chi connectivity index (χ4n) is 2.36. The molecule has 3 nitrogen and oxygen atoms in total. The van der Waals surface area contributed by atoms with Crippen molar-refractivity contribution in [3.63, 3.8) is 0 Å². The molecule has 2 aromatic rings. The van der Waals surface area contributed by atoms with Crippen LogP contribution >= 0.6 is 0 Å². The van der Waals surface area contributed by atoms with Crippen molar-refractivity contribution >= 4 is 5.91 Å². The van der Waals surface area contributed by atoms with E-state index in [2.05, 4.69) is 17.4 Å². The number of hydrogen-bond acceptors (Lipinski definition) is 2. The Morgan fingerprint density at radius 2 is 1.24 bits per heavy atom. The molecule has 0 fully saturated rings. The van der Waals surface area contributed by atoms with E-state index in [0.717, 1.165) is 12.8 Å². The summed E-state index contributed by atoms with van der Waals surface area (Å²) in [5, 5.41) is 12.0. The molecule has 3 heteroatoms. The summed E-state index contributed by atoms with van der Waals surface area (Å²) in [4.78, 5) is 12.1. The quantitative estimate of drug-likeness (QED) is 0.519. The van der Waals surface area contributed by atoms with Gasteiger partial charge in [0.1, 0.15) is 0 Å². The van der Waals surface area contributed by atoms with Crippen molar-refractivity contribution in [2.24, 2.45) is 0 Å². The first kappa shape index (κ1) is 31.6. The molecule has 0 radical (unpaired) electrons. The molecule has 2 rings (SSSR count). The van der Waals surface area contributed by atoms with E-state index < -0.39 is 0 Å². The lowest BCUT2D eigenvalue weighted by Gasteiger charge is -2.18. The minimum Gasteiger partial charge on any atom is -0.396 e. The zero-order chi connectivity index (χ0) is 22.9. The van der Waals surface area contributed by atoms with Crippen LogP contribution in [-0.4, -0.2) is 24.2 Å². The molecule has 29 heavy (non-hydrogen) atoms. The topological polar surface area (TPSA) is 49.3 Å². The van der Waals surface area contributed by atoms with Gasteiger partial charge in [0.2, 0.25) is 0 Å². The molecule has 0 aliphatic heterocycles. The fraction of sp³-hybridized carbons (Fsp3) is 0.500. The third-order valence-corrected chi connectivity index (χ3v) is 3.53. The second kappa shape index (κ2) is 25.9. The Bertz CT molecular complexity index is 541. The highest BCUT2D eigenvalue weighted by molar-refractivity contribution is 5.94. The minimum atomic E-state index is -0.0551. The van der Waals surface area contributed by atoms with Crippen molar-refractivity contribution in [2.45, 2.75) is 74.1 Å². The van der Waals surface area contributed by atoms with E-state index in [-0.39, 0.29) is 18.4 Å². The molecule has 0 bridgehead atoms. The fourth-order valence-corrected chi connectivity index (χ4v) is 2.36. The van der Waals surface area contributed by atoms with Crippen molar-refractivity contribution in [1.82, 2.24) is 5.32 Å². The highest BCUT2D eigenvalue weighted by atomic mass is 16.2. The number of hydrogen-bond donors (Lipinski definition) is 2. The first-order valence-corrected chi connectivity index (χ1v) is 11.3. The average molecular weight is 404 g/mol. The Labute approximate surface area is 180 Å². The molecule has 0 saturated carbocycles. The van der Waals surface area contributed by atoms with Crippen molar-refractivity contribution in [3.05, 3.63) is 71.8 Å². The van der Waals surface area contributed by atoms with Crippen LogP contribution in [0.3, 0.4) is 0 Å². The van der Waals surface area contributed by atoms with Gasteiger partial charge in [-0.3, -0.25) is 4.79 Å². The molecule has 0 saturated heterocycles. The smallest absolute Gasteiger partial charge is 0.251 e. The minimum absolute atomic E-state index is 0.0551. The average Bonchev–Trinajstić information content (AvgIpc) is 2.85. The lowest BCUT2D eigenvalue weighted by molar-refractivity contribution is 0.0950. The monoisotopic (exact) mass is 403 g/mol. The summed E-state index contributed by atoms with van der Waals surface area (Å²) in [7, 11) is 0. The van der Waals surface area contributed by atoms with E-state index in [9.17, 15) is 4.79 Å². The van der Waals surface area contributed by atoms with Crippen LogP contribution in [0, 0.1) is 0 Å². The van der Waals surface area contributed by atoms with Gasteiger partial charge in [-0.05, 0) is 30.5 Å². The Kier molecular flexibility index (Phi) is 28.2. The van der Waals surface area contributed by atoms with Crippen LogP contribution in [-0.2, 0) is 0 Å². The van der Waals surface area contributed by atoms with Crippen LogP contribution in [0.1, 0.15) is 90.1 Å². The third kappa shape index (κ3) is 15.5. The lowest BCUT2D eigenvalue weighted by atomic mass is 9.94. The third-order valence-electron chi connectivity index (χ3n) is 3.53. The molecule has 1 unspecified atom stereocenters. The Morgan fingerprint density at radius 3 is 1.69 bits per heavy atom. The molecule has 1 amide bonds. The van der Waals surface area contributed by atoms with E-state index >= 15 is 0 Å². The van der Waals surface area contributed by atoms with E-state index in [0.29, 0.717) is 12.1 Å². The first-order chi connectivity index (χ1) is 14.3. The SMILES string of the molecule is CC.CC.CC.CC.O=C(NCC(CCCO)c1ccccc1)c1ccccc1. The van der Waals surface area contributed by atoms with Gasteiger partial charge in [0, 0.05) is 24.6 Å². The second-order valence-corrected chi connectivity index (χ2v) is 5.05. The normalized spacial score (nSPS) is 9.41. The van der Waals surface area contributed by atoms with Gasteiger partial charge in [0.05, 0.1) is 0 Å². The number of aliphatic hydroxyl groups excluding tert-OH is 1. The Morgan fingerprint density at radius 1 is 0.793 bits per heavy atom. The number of carbonyl (C=O) groups excluding carboxylic acids is 1. The van der Waals surface area contributed by atoms with Gasteiger partial charge in [-0.2, -0.15) is 0 Å². The Balaban J connectivity index is -0.000000754. The summed E-state index contributed by atoms with van der Waals surface area (Å²) in [5.41, 5.74) is 1.87. The van der Waals surface area contributed by atoms with Crippen LogP contribution in [0.5, 0.6) is 0 Å². The van der Waals surface area contributed by atoms with Crippen molar-refractivity contribution in [1.29, 1.82) is 0 Å². The Hall–Kier alpha value is -2.13. The standard InChI is InChI=1S/C18H21NO2.4C2H6/c20-13-7-12-17(15-8-3-1-4-9-15)14-19-18(21)16-10-5-2-6-11-16;4*1-2/h1-6,8-11,17,20H,7,12-14H2,(H,19,21);4*1-2H3. The summed E-state index contributed by atoms with van der Waals surface area (Å²) in [6, 6.07) is 19.3. The largest absolute Gasteiger partial charge is 0.396 e. The zero-order valence-corrected chi connectivity index (χ0v) is 20.0. The van der Waals surface area contributed by atoms with Crippen LogP contribution < -0.4 is 5.32 Å². The molecule has 0 aliphatic rings. The van der Waals surface area contributed by atoms with Crippen LogP contribution in [0.15, 0.2) is 60.7 Å². The number of nitrogens with one attached hydrogen (secondary N) is 1. The number of carbonyl (C=O) groups is 1. The van der Waals surface area contributed by atoms with E-state index in [1.165, 1.54) is 5.56 Å². The highest BCUT2D eigenvalue weighted by Crippen LogP contribution is 2.20. The van der Waals surface area contributed by atoms with Gasteiger partial charge < -0.3 is 10.4 Å².